The van der Waals surface area contributed by atoms with E-state index in [1.807, 2.05) is 18.2 Å². The highest BCUT2D eigenvalue weighted by molar-refractivity contribution is 9.10. The van der Waals surface area contributed by atoms with Gasteiger partial charge in [-0.05, 0) is 64.7 Å². The highest BCUT2D eigenvalue weighted by Crippen LogP contribution is 2.26. The summed E-state index contributed by atoms with van der Waals surface area (Å²) >= 11 is 9.50. The number of anilines is 2. The van der Waals surface area contributed by atoms with Gasteiger partial charge >= 0.3 is 0 Å². The molecule has 3 rings (SSSR count). The quantitative estimate of drug-likeness (QED) is 0.789. The molecule has 0 atom stereocenters. The van der Waals surface area contributed by atoms with Crippen molar-refractivity contribution < 1.29 is 0 Å². The average molecular weight is 366 g/mol. The van der Waals surface area contributed by atoms with Crippen molar-refractivity contribution >= 4 is 38.9 Å². The SMILES string of the molecule is Clc1cc(NCc2ccc(N3CCCC3)cc2)ccc1Br. The Bertz CT molecular complexity index is 607. The number of hydrogen-bond acceptors (Lipinski definition) is 2. The lowest BCUT2D eigenvalue weighted by Crippen LogP contribution is -2.17. The number of nitrogens with zero attached hydrogens (tertiary/aromatic N) is 1. The maximum absolute atomic E-state index is 6.10. The molecule has 2 nitrogen and oxygen atoms in total. The minimum Gasteiger partial charge on any atom is -0.381 e. The van der Waals surface area contributed by atoms with E-state index in [0.29, 0.717) is 0 Å². The Balaban J connectivity index is 1.61. The second-order valence-electron chi connectivity index (χ2n) is 5.34. The van der Waals surface area contributed by atoms with Gasteiger partial charge in [0.1, 0.15) is 0 Å². The molecule has 1 fully saturated rings. The van der Waals surface area contributed by atoms with Crippen LogP contribution in [0.15, 0.2) is 46.9 Å². The first-order chi connectivity index (χ1) is 10.2. The van der Waals surface area contributed by atoms with Gasteiger partial charge in [0.05, 0.1) is 5.02 Å². The zero-order valence-corrected chi connectivity index (χ0v) is 14.1. The first kappa shape index (κ1) is 14.7. The van der Waals surface area contributed by atoms with Crippen LogP contribution in [0.4, 0.5) is 11.4 Å². The maximum atomic E-state index is 6.10. The molecule has 110 valence electrons. The molecular weight excluding hydrogens is 348 g/mol. The number of hydrogen-bond donors (Lipinski definition) is 1. The molecule has 0 spiro atoms. The minimum absolute atomic E-state index is 0.726. The zero-order valence-electron chi connectivity index (χ0n) is 11.8. The predicted octanol–water partition coefficient (Wildman–Crippen LogP) is 5.31. The standard InChI is InChI=1S/C17H18BrClN2/c18-16-8-5-14(11-17(16)19)20-12-13-3-6-15(7-4-13)21-9-1-2-10-21/h3-8,11,20H,1-2,9-10,12H2. The molecule has 1 aliphatic heterocycles. The van der Waals surface area contributed by atoms with Crippen molar-refractivity contribution in [2.75, 3.05) is 23.3 Å². The van der Waals surface area contributed by atoms with Crippen LogP contribution in [0.5, 0.6) is 0 Å². The first-order valence-corrected chi connectivity index (χ1v) is 8.42. The topological polar surface area (TPSA) is 15.3 Å². The van der Waals surface area contributed by atoms with E-state index in [4.69, 9.17) is 11.6 Å². The maximum Gasteiger partial charge on any atom is 0.0568 e. The Morgan fingerprint density at radius 1 is 1.05 bits per heavy atom. The van der Waals surface area contributed by atoms with Gasteiger partial charge in [-0.1, -0.05) is 23.7 Å². The van der Waals surface area contributed by atoms with Gasteiger partial charge in [0.15, 0.2) is 0 Å². The van der Waals surface area contributed by atoms with Crippen LogP contribution in [0.3, 0.4) is 0 Å². The van der Waals surface area contributed by atoms with Crippen LogP contribution in [0.25, 0.3) is 0 Å². The Kier molecular flexibility index (Phi) is 4.71. The van der Waals surface area contributed by atoms with Crippen molar-refractivity contribution in [3.63, 3.8) is 0 Å². The third kappa shape index (κ3) is 3.72. The number of benzene rings is 2. The fourth-order valence-electron chi connectivity index (χ4n) is 2.61. The molecule has 0 radical (unpaired) electrons. The summed E-state index contributed by atoms with van der Waals surface area (Å²) in [5, 5.41) is 4.13. The van der Waals surface area contributed by atoms with Gasteiger partial charge in [0.25, 0.3) is 0 Å². The predicted molar refractivity (Wildman–Crippen MR) is 94.4 cm³/mol. The molecule has 1 N–H and O–H groups in total. The summed E-state index contributed by atoms with van der Waals surface area (Å²) in [7, 11) is 0. The third-order valence-electron chi connectivity index (χ3n) is 3.82. The molecule has 21 heavy (non-hydrogen) atoms. The largest absolute Gasteiger partial charge is 0.381 e. The number of nitrogens with one attached hydrogen (secondary N) is 1. The van der Waals surface area contributed by atoms with E-state index in [2.05, 4.69) is 50.4 Å². The van der Waals surface area contributed by atoms with Crippen LogP contribution in [0.2, 0.25) is 5.02 Å². The monoisotopic (exact) mass is 364 g/mol. The van der Waals surface area contributed by atoms with Crippen molar-refractivity contribution in [1.29, 1.82) is 0 Å². The van der Waals surface area contributed by atoms with Crippen LogP contribution >= 0.6 is 27.5 Å². The number of rotatable bonds is 4. The molecule has 0 amide bonds. The molecule has 2 aromatic carbocycles. The van der Waals surface area contributed by atoms with Crippen molar-refractivity contribution in [3.05, 3.63) is 57.5 Å². The molecule has 1 aliphatic rings. The summed E-state index contributed by atoms with van der Waals surface area (Å²) in [6.45, 7) is 3.18. The zero-order chi connectivity index (χ0) is 14.7. The van der Waals surface area contributed by atoms with E-state index < -0.39 is 0 Å². The van der Waals surface area contributed by atoms with Crippen molar-refractivity contribution in [2.45, 2.75) is 19.4 Å². The molecule has 4 heteroatoms. The van der Waals surface area contributed by atoms with E-state index in [1.165, 1.54) is 37.2 Å². The second-order valence-corrected chi connectivity index (χ2v) is 6.60. The summed E-state index contributed by atoms with van der Waals surface area (Å²) in [6.07, 6.45) is 2.63. The second kappa shape index (κ2) is 6.71. The summed E-state index contributed by atoms with van der Waals surface area (Å²) in [4.78, 5) is 2.45. The van der Waals surface area contributed by atoms with Gasteiger partial charge in [0.2, 0.25) is 0 Å². The smallest absolute Gasteiger partial charge is 0.0568 e. The normalized spacial score (nSPS) is 14.5. The van der Waals surface area contributed by atoms with Crippen LogP contribution in [0.1, 0.15) is 18.4 Å². The highest BCUT2D eigenvalue weighted by atomic mass is 79.9. The molecule has 0 aliphatic carbocycles. The lowest BCUT2D eigenvalue weighted by molar-refractivity contribution is 0.949. The molecule has 0 aromatic heterocycles. The Labute approximate surface area is 139 Å². The molecule has 0 bridgehead atoms. The van der Waals surface area contributed by atoms with E-state index in [-0.39, 0.29) is 0 Å². The van der Waals surface area contributed by atoms with Gasteiger partial charge in [0, 0.05) is 35.5 Å². The summed E-state index contributed by atoms with van der Waals surface area (Å²) < 4.78 is 0.921. The van der Waals surface area contributed by atoms with E-state index in [9.17, 15) is 0 Å². The molecule has 1 heterocycles. The van der Waals surface area contributed by atoms with Crippen molar-refractivity contribution in [2.24, 2.45) is 0 Å². The van der Waals surface area contributed by atoms with Gasteiger partial charge < -0.3 is 10.2 Å². The molecule has 2 aromatic rings. The van der Waals surface area contributed by atoms with Crippen LogP contribution < -0.4 is 10.2 Å². The van der Waals surface area contributed by atoms with Gasteiger partial charge in [-0.15, -0.1) is 0 Å². The van der Waals surface area contributed by atoms with E-state index in [1.54, 1.807) is 0 Å². The summed E-state index contributed by atoms with van der Waals surface area (Å²) in [6, 6.07) is 14.7. The molecule has 0 saturated carbocycles. The summed E-state index contributed by atoms with van der Waals surface area (Å²) in [5.41, 5.74) is 3.65. The van der Waals surface area contributed by atoms with Crippen LogP contribution in [0, 0.1) is 0 Å². The Hall–Kier alpha value is -1.19. The summed E-state index contributed by atoms with van der Waals surface area (Å²) in [5.74, 6) is 0. The fraction of sp³-hybridized carbons (Fsp3) is 0.294. The van der Waals surface area contributed by atoms with Gasteiger partial charge in [-0.25, -0.2) is 0 Å². The average Bonchev–Trinajstić information content (AvgIpc) is 3.03. The third-order valence-corrected chi connectivity index (χ3v) is 5.06. The Morgan fingerprint density at radius 2 is 1.76 bits per heavy atom. The van der Waals surface area contributed by atoms with Crippen LogP contribution in [-0.2, 0) is 6.54 Å². The molecule has 1 saturated heterocycles. The number of halogens is 2. The van der Waals surface area contributed by atoms with Crippen molar-refractivity contribution in [3.8, 4) is 0 Å². The molecular formula is C17H18BrClN2. The van der Waals surface area contributed by atoms with E-state index in [0.717, 1.165) is 21.7 Å². The fourth-order valence-corrected chi connectivity index (χ4v) is 3.04. The van der Waals surface area contributed by atoms with Crippen molar-refractivity contribution in [1.82, 2.24) is 0 Å². The highest BCUT2D eigenvalue weighted by Gasteiger charge is 2.11. The lowest BCUT2D eigenvalue weighted by Gasteiger charge is -2.17. The van der Waals surface area contributed by atoms with E-state index >= 15 is 0 Å². The molecule has 0 unspecified atom stereocenters. The first-order valence-electron chi connectivity index (χ1n) is 7.25. The minimum atomic E-state index is 0.726. The Morgan fingerprint density at radius 3 is 2.43 bits per heavy atom. The van der Waals surface area contributed by atoms with Crippen LogP contribution in [-0.4, -0.2) is 13.1 Å². The van der Waals surface area contributed by atoms with Gasteiger partial charge in [-0.3, -0.25) is 0 Å². The van der Waals surface area contributed by atoms with Gasteiger partial charge in [-0.2, -0.15) is 0 Å². The lowest BCUT2D eigenvalue weighted by atomic mass is 10.2.